The Morgan fingerprint density at radius 1 is 0.871 bits per heavy atom. The molecule has 0 unspecified atom stereocenters. The number of nitrogens with zero attached hydrogens (tertiary/aromatic N) is 1. The number of halogens is 1. The van der Waals surface area contributed by atoms with E-state index < -0.39 is 0 Å². The summed E-state index contributed by atoms with van der Waals surface area (Å²) in [6.07, 6.45) is 0.594. The first-order chi connectivity index (χ1) is 15.1. The second-order valence-corrected chi connectivity index (χ2v) is 8.48. The summed E-state index contributed by atoms with van der Waals surface area (Å²) >= 11 is 7.27. The minimum absolute atomic E-state index is 0.290. The van der Waals surface area contributed by atoms with E-state index in [-0.39, 0.29) is 11.8 Å². The zero-order valence-corrected chi connectivity index (χ0v) is 18.5. The molecule has 4 rings (SSSR count). The molecule has 0 aliphatic carbocycles. The normalized spacial score (nSPS) is 13.8. The van der Waals surface area contributed by atoms with Crippen LogP contribution in [0, 0.1) is 0 Å². The second kappa shape index (κ2) is 9.41. The number of carbonyl (C=O) groups is 2. The first-order valence-electron chi connectivity index (χ1n) is 9.79. The van der Waals surface area contributed by atoms with E-state index in [0.717, 1.165) is 10.5 Å². The Morgan fingerprint density at radius 3 is 2.26 bits per heavy atom. The molecule has 6 heteroatoms. The number of ether oxygens (including phenoxy) is 1. The van der Waals surface area contributed by atoms with Gasteiger partial charge in [0.25, 0.3) is 11.8 Å². The van der Waals surface area contributed by atoms with Gasteiger partial charge < -0.3 is 4.74 Å². The monoisotopic (exact) mass is 449 g/mol. The quantitative estimate of drug-likeness (QED) is 0.449. The molecule has 1 aliphatic heterocycles. The van der Waals surface area contributed by atoms with Gasteiger partial charge >= 0.3 is 0 Å². The molecule has 3 aromatic rings. The standard InChI is InChI=1S/C25H20ClNO3S/c1-30-21-10-6-5-9-20(21)22-23(31-19-13-11-18(26)12-14-19)25(29)27(24(22)28)16-15-17-7-3-2-4-8-17/h2-14H,15-16H2,1H3. The van der Waals surface area contributed by atoms with Gasteiger partial charge in [0, 0.05) is 22.0 Å². The van der Waals surface area contributed by atoms with Crippen LogP contribution >= 0.6 is 23.4 Å². The molecular formula is C25H20ClNO3S. The van der Waals surface area contributed by atoms with Crippen LogP contribution in [-0.2, 0) is 16.0 Å². The lowest BCUT2D eigenvalue weighted by Gasteiger charge is -2.15. The number of rotatable bonds is 7. The van der Waals surface area contributed by atoms with E-state index in [4.69, 9.17) is 16.3 Å². The molecule has 3 aromatic carbocycles. The average Bonchev–Trinajstić information content (AvgIpc) is 3.03. The van der Waals surface area contributed by atoms with Crippen LogP contribution in [0.4, 0.5) is 0 Å². The van der Waals surface area contributed by atoms with Crippen molar-refractivity contribution >= 4 is 40.8 Å². The molecule has 156 valence electrons. The topological polar surface area (TPSA) is 46.6 Å². The molecule has 1 heterocycles. The number of methoxy groups -OCH3 is 1. The van der Waals surface area contributed by atoms with Crippen LogP contribution in [0.3, 0.4) is 0 Å². The minimum atomic E-state index is -0.304. The summed E-state index contributed by atoms with van der Waals surface area (Å²) < 4.78 is 5.48. The van der Waals surface area contributed by atoms with Crippen LogP contribution in [-0.4, -0.2) is 30.4 Å². The van der Waals surface area contributed by atoms with Gasteiger partial charge in [0.2, 0.25) is 0 Å². The molecule has 0 fully saturated rings. The highest BCUT2D eigenvalue weighted by Gasteiger charge is 2.40. The first kappa shape index (κ1) is 21.2. The minimum Gasteiger partial charge on any atom is -0.496 e. The fourth-order valence-corrected chi connectivity index (χ4v) is 4.58. The van der Waals surface area contributed by atoms with Gasteiger partial charge in [0.1, 0.15) is 5.75 Å². The van der Waals surface area contributed by atoms with Crippen LogP contribution in [0.15, 0.2) is 88.7 Å². The number of hydrogen-bond acceptors (Lipinski definition) is 4. The zero-order chi connectivity index (χ0) is 21.8. The number of imide groups is 1. The maximum Gasteiger partial charge on any atom is 0.268 e. The van der Waals surface area contributed by atoms with E-state index in [1.54, 1.807) is 25.3 Å². The lowest BCUT2D eigenvalue weighted by atomic mass is 10.0. The highest BCUT2D eigenvalue weighted by molar-refractivity contribution is 8.04. The summed E-state index contributed by atoms with van der Waals surface area (Å²) in [5.74, 6) is -0.0403. The smallest absolute Gasteiger partial charge is 0.268 e. The Kier molecular flexibility index (Phi) is 6.44. The van der Waals surface area contributed by atoms with Crippen molar-refractivity contribution in [1.29, 1.82) is 0 Å². The van der Waals surface area contributed by atoms with Gasteiger partial charge in [0.15, 0.2) is 0 Å². The highest BCUT2D eigenvalue weighted by atomic mass is 35.5. The number of amides is 2. The molecular weight excluding hydrogens is 430 g/mol. The fourth-order valence-electron chi connectivity index (χ4n) is 3.45. The third kappa shape index (κ3) is 4.53. The van der Waals surface area contributed by atoms with Crippen molar-refractivity contribution in [1.82, 2.24) is 4.90 Å². The molecule has 0 N–H and O–H groups in total. The van der Waals surface area contributed by atoms with Crippen molar-refractivity contribution in [2.45, 2.75) is 11.3 Å². The summed E-state index contributed by atoms with van der Waals surface area (Å²) in [7, 11) is 1.56. The third-order valence-corrected chi connectivity index (χ3v) is 6.34. The average molecular weight is 450 g/mol. The molecule has 0 saturated carbocycles. The molecule has 2 amide bonds. The van der Waals surface area contributed by atoms with Gasteiger partial charge in [0.05, 0.1) is 17.6 Å². The van der Waals surface area contributed by atoms with E-state index in [2.05, 4.69) is 0 Å². The van der Waals surface area contributed by atoms with E-state index >= 15 is 0 Å². The van der Waals surface area contributed by atoms with E-state index in [9.17, 15) is 9.59 Å². The zero-order valence-electron chi connectivity index (χ0n) is 16.9. The lowest BCUT2D eigenvalue weighted by Crippen LogP contribution is -2.33. The summed E-state index contributed by atoms with van der Waals surface area (Å²) in [5.41, 5.74) is 2.05. The number of para-hydroxylation sites is 1. The lowest BCUT2D eigenvalue weighted by molar-refractivity contribution is -0.136. The predicted molar refractivity (Wildman–Crippen MR) is 124 cm³/mol. The Bertz CT molecular complexity index is 1140. The van der Waals surface area contributed by atoms with Gasteiger partial charge in [-0.3, -0.25) is 14.5 Å². The summed E-state index contributed by atoms with van der Waals surface area (Å²) in [6, 6.07) is 24.3. The van der Waals surface area contributed by atoms with Gasteiger partial charge in [-0.05, 0) is 42.3 Å². The number of thioether (sulfide) groups is 1. The van der Waals surface area contributed by atoms with Gasteiger partial charge in [-0.25, -0.2) is 0 Å². The first-order valence-corrected chi connectivity index (χ1v) is 11.0. The third-order valence-electron chi connectivity index (χ3n) is 5.00. The van der Waals surface area contributed by atoms with Crippen LogP contribution in [0.1, 0.15) is 11.1 Å². The molecule has 31 heavy (non-hydrogen) atoms. The van der Waals surface area contributed by atoms with Crippen molar-refractivity contribution in [2.75, 3.05) is 13.7 Å². The largest absolute Gasteiger partial charge is 0.496 e. The Balaban J connectivity index is 1.71. The van der Waals surface area contributed by atoms with E-state index in [0.29, 0.717) is 39.8 Å². The van der Waals surface area contributed by atoms with Crippen LogP contribution in [0.2, 0.25) is 5.02 Å². The van der Waals surface area contributed by atoms with Crippen molar-refractivity contribution in [3.63, 3.8) is 0 Å². The predicted octanol–water partition coefficient (Wildman–Crippen LogP) is 5.46. The van der Waals surface area contributed by atoms with Gasteiger partial charge in [-0.15, -0.1) is 0 Å². The SMILES string of the molecule is COc1ccccc1C1=C(Sc2ccc(Cl)cc2)C(=O)N(CCc2ccccc2)C1=O. The summed E-state index contributed by atoms with van der Waals surface area (Å²) in [5, 5.41) is 0.613. The van der Waals surface area contributed by atoms with Crippen molar-refractivity contribution < 1.29 is 14.3 Å². The number of carbonyl (C=O) groups excluding carboxylic acids is 2. The molecule has 0 saturated heterocycles. The van der Waals surface area contributed by atoms with Crippen molar-refractivity contribution in [3.8, 4) is 5.75 Å². The summed E-state index contributed by atoms with van der Waals surface area (Å²) in [4.78, 5) is 29.3. The van der Waals surface area contributed by atoms with E-state index in [1.165, 1.54) is 16.7 Å². The maximum atomic E-state index is 13.4. The molecule has 0 radical (unpaired) electrons. The summed E-state index contributed by atoms with van der Waals surface area (Å²) in [6.45, 7) is 0.311. The van der Waals surface area contributed by atoms with E-state index in [1.807, 2.05) is 60.7 Å². The molecule has 0 aromatic heterocycles. The Labute approximate surface area is 190 Å². The highest BCUT2D eigenvalue weighted by Crippen LogP contribution is 2.42. The van der Waals surface area contributed by atoms with Gasteiger partial charge in [-0.2, -0.15) is 0 Å². The van der Waals surface area contributed by atoms with Crippen molar-refractivity contribution in [2.24, 2.45) is 0 Å². The Morgan fingerprint density at radius 2 is 1.55 bits per heavy atom. The Hall–Kier alpha value is -3.02. The number of hydrogen-bond donors (Lipinski definition) is 0. The van der Waals surface area contributed by atoms with Crippen LogP contribution in [0.5, 0.6) is 5.75 Å². The van der Waals surface area contributed by atoms with Crippen molar-refractivity contribution in [3.05, 3.63) is 99.9 Å². The molecule has 0 bridgehead atoms. The molecule has 0 atom stereocenters. The van der Waals surface area contributed by atoms with Gasteiger partial charge in [-0.1, -0.05) is 71.9 Å². The maximum absolute atomic E-state index is 13.4. The molecule has 0 spiro atoms. The second-order valence-electron chi connectivity index (χ2n) is 6.96. The van der Waals surface area contributed by atoms with Crippen LogP contribution in [0.25, 0.3) is 5.57 Å². The number of benzene rings is 3. The van der Waals surface area contributed by atoms with Crippen LogP contribution < -0.4 is 4.74 Å². The fraction of sp³-hybridized carbons (Fsp3) is 0.120. The molecule has 1 aliphatic rings. The molecule has 4 nitrogen and oxygen atoms in total.